The predicted molar refractivity (Wildman–Crippen MR) is 166 cm³/mol. The molecule has 7 nitrogen and oxygen atoms in total. The summed E-state index contributed by atoms with van der Waals surface area (Å²) in [6.07, 6.45) is 0. The second-order valence-electron chi connectivity index (χ2n) is 9.96. The van der Waals surface area contributed by atoms with E-state index in [-0.39, 0.29) is 33.1 Å². The largest absolute Gasteiger partial charge is 0.354 e. The molecule has 41 heavy (non-hydrogen) atoms. The Balaban J connectivity index is 2.09. The smallest absolute Gasteiger partial charge is 0.264 e. The van der Waals surface area contributed by atoms with Gasteiger partial charge in [0.05, 0.1) is 15.6 Å². The zero-order valence-corrected chi connectivity index (χ0v) is 26.8. The van der Waals surface area contributed by atoms with Crippen LogP contribution in [0, 0.1) is 12.8 Å². The molecule has 0 spiro atoms. The summed E-state index contributed by atoms with van der Waals surface area (Å²) < 4.78 is 28.8. The molecule has 0 saturated heterocycles. The highest BCUT2D eigenvalue weighted by Gasteiger charge is 2.34. The van der Waals surface area contributed by atoms with Gasteiger partial charge in [0.1, 0.15) is 12.6 Å². The SMILES string of the molecule is Cc1ccc(S(=O)(=O)N(CC(=O)N(Cc2c(Cl)cccc2Cl)[C@H](C)C(=O)NCC(C)C)c2cc(Cl)ccc2Cl)cc1. The summed E-state index contributed by atoms with van der Waals surface area (Å²) in [5.74, 6) is -0.919. The zero-order valence-electron chi connectivity index (χ0n) is 23.0. The van der Waals surface area contributed by atoms with Crippen LogP contribution in [0.5, 0.6) is 0 Å². The summed E-state index contributed by atoms with van der Waals surface area (Å²) in [6.45, 7) is 6.85. The Hall–Kier alpha value is -2.49. The van der Waals surface area contributed by atoms with E-state index in [0.29, 0.717) is 22.2 Å². The molecule has 220 valence electrons. The molecular weight excluding hydrogens is 628 g/mol. The van der Waals surface area contributed by atoms with Crippen molar-refractivity contribution in [2.75, 3.05) is 17.4 Å². The lowest BCUT2D eigenvalue weighted by molar-refractivity contribution is -0.139. The summed E-state index contributed by atoms with van der Waals surface area (Å²) in [5, 5.41) is 3.72. The second kappa shape index (κ2) is 14.1. The molecule has 0 saturated carbocycles. The maximum absolute atomic E-state index is 14.0. The lowest BCUT2D eigenvalue weighted by Crippen LogP contribution is -2.51. The number of halogens is 4. The van der Waals surface area contributed by atoms with Crippen molar-refractivity contribution in [1.82, 2.24) is 10.2 Å². The molecule has 2 amide bonds. The number of amides is 2. The van der Waals surface area contributed by atoms with E-state index in [2.05, 4.69) is 5.32 Å². The molecule has 3 rings (SSSR count). The van der Waals surface area contributed by atoms with Gasteiger partial charge in [0.25, 0.3) is 10.0 Å². The monoisotopic (exact) mass is 657 g/mol. The van der Waals surface area contributed by atoms with Gasteiger partial charge in [0.15, 0.2) is 0 Å². The normalized spacial score (nSPS) is 12.2. The molecule has 0 aliphatic heterocycles. The van der Waals surface area contributed by atoms with Crippen molar-refractivity contribution in [2.45, 2.75) is 45.2 Å². The quantitative estimate of drug-likeness (QED) is 0.241. The van der Waals surface area contributed by atoms with Gasteiger partial charge in [0, 0.05) is 33.7 Å². The minimum atomic E-state index is -4.31. The summed E-state index contributed by atoms with van der Waals surface area (Å²) in [7, 11) is -4.31. The van der Waals surface area contributed by atoms with E-state index >= 15 is 0 Å². The van der Waals surface area contributed by atoms with Gasteiger partial charge in [-0.25, -0.2) is 8.42 Å². The van der Waals surface area contributed by atoms with Crippen LogP contribution >= 0.6 is 46.4 Å². The van der Waals surface area contributed by atoms with Crippen LogP contribution in [0.3, 0.4) is 0 Å². The fourth-order valence-electron chi connectivity index (χ4n) is 3.92. The maximum Gasteiger partial charge on any atom is 0.264 e. The fraction of sp³-hybridized carbons (Fsp3) is 0.310. The average molecular weight is 659 g/mol. The van der Waals surface area contributed by atoms with Crippen LogP contribution in [0.25, 0.3) is 0 Å². The summed E-state index contributed by atoms with van der Waals surface area (Å²) in [6, 6.07) is 14.4. The van der Waals surface area contributed by atoms with Crippen molar-refractivity contribution in [3.8, 4) is 0 Å². The first-order valence-corrected chi connectivity index (χ1v) is 15.7. The molecule has 1 atom stereocenters. The lowest BCUT2D eigenvalue weighted by Gasteiger charge is -2.32. The van der Waals surface area contributed by atoms with E-state index in [1.54, 1.807) is 37.3 Å². The maximum atomic E-state index is 14.0. The van der Waals surface area contributed by atoms with Gasteiger partial charge in [-0.2, -0.15) is 0 Å². The van der Waals surface area contributed by atoms with Gasteiger partial charge in [-0.3, -0.25) is 13.9 Å². The van der Waals surface area contributed by atoms with E-state index < -0.39 is 34.4 Å². The molecule has 0 aliphatic carbocycles. The van der Waals surface area contributed by atoms with Gasteiger partial charge in [-0.05, 0) is 62.2 Å². The topological polar surface area (TPSA) is 86.8 Å². The molecule has 0 fully saturated rings. The Labute approximate surface area is 261 Å². The Kier molecular flexibility index (Phi) is 11.4. The van der Waals surface area contributed by atoms with Crippen molar-refractivity contribution in [1.29, 1.82) is 0 Å². The average Bonchev–Trinajstić information content (AvgIpc) is 2.91. The van der Waals surface area contributed by atoms with Crippen LogP contribution in [0.1, 0.15) is 31.9 Å². The van der Waals surface area contributed by atoms with Crippen molar-refractivity contribution < 1.29 is 18.0 Å². The molecule has 0 unspecified atom stereocenters. The van der Waals surface area contributed by atoms with Gasteiger partial charge in [0.2, 0.25) is 11.8 Å². The Bertz CT molecular complexity index is 1490. The van der Waals surface area contributed by atoms with E-state index in [0.717, 1.165) is 9.87 Å². The highest BCUT2D eigenvalue weighted by molar-refractivity contribution is 7.92. The molecular formula is C29H31Cl4N3O4S. The number of benzene rings is 3. The van der Waals surface area contributed by atoms with Crippen LogP contribution < -0.4 is 9.62 Å². The van der Waals surface area contributed by atoms with Crippen molar-refractivity contribution in [3.63, 3.8) is 0 Å². The Morgan fingerprint density at radius 3 is 2.07 bits per heavy atom. The number of rotatable bonds is 11. The highest BCUT2D eigenvalue weighted by Crippen LogP contribution is 2.34. The molecule has 0 bridgehead atoms. The number of anilines is 1. The Morgan fingerprint density at radius 2 is 1.49 bits per heavy atom. The number of nitrogens with one attached hydrogen (secondary N) is 1. The molecule has 0 heterocycles. The number of aryl methyl sites for hydroxylation is 1. The molecule has 3 aromatic carbocycles. The van der Waals surface area contributed by atoms with Crippen LogP contribution in [0.2, 0.25) is 20.1 Å². The first kappa shape index (κ1) is 33.0. The van der Waals surface area contributed by atoms with E-state index in [1.807, 2.05) is 20.8 Å². The second-order valence-corrected chi connectivity index (χ2v) is 13.5. The minimum Gasteiger partial charge on any atom is -0.354 e. The molecule has 1 N–H and O–H groups in total. The summed E-state index contributed by atoms with van der Waals surface area (Å²) in [4.78, 5) is 28.4. The van der Waals surface area contributed by atoms with E-state index in [1.165, 1.54) is 35.2 Å². The van der Waals surface area contributed by atoms with Crippen molar-refractivity contribution in [3.05, 3.63) is 91.9 Å². The minimum absolute atomic E-state index is 0.0146. The molecule has 0 aromatic heterocycles. The highest BCUT2D eigenvalue weighted by atomic mass is 35.5. The third-order valence-corrected chi connectivity index (χ3v) is 9.34. The third kappa shape index (κ3) is 8.30. The standard InChI is InChI=1S/C29H31Cl4N3O4S/c1-18(2)15-34-29(38)20(4)35(16-23-24(31)6-5-7-25(23)32)28(37)17-36(27-14-21(30)10-13-26(27)33)41(39,40)22-11-8-19(3)9-12-22/h5-14,18,20H,15-17H2,1-4H3,(H,34,38)/t20-/m1/s1. The first-order valence-electron chi connectivity index (χ1n) is 12.8. The van der Waals surface area contributed by atoms with E-state index in [4.69, 9.17) is 46.4 Å². The molecule has 12 heteroatoms. The van der Waals surface area contributed by atoms with Gasteiger partial charge < -0.3 is 10.2 Å². The van der Waals surface area contributed by atoms with Crippen LogP contribution in [-0.4, -0.2) is 44.3 Å². The molecule has 0 radical (unpaired) electrons. The number of carbonyl (C=O) groups excluding carboxylic acids is 2. The van der Waals surface area contributed by atoms with Crippen molar-refractivity contribution >= 4 is 73.9 Å². The van der Waals surface area contributed by atoms with Crippen molar-refractivity contribution in [2.24, 2.45) is 5.92 Å². The summed E-state index contributed by atoms with van der Waals surface area (Å²) in [5.41, 5.74) is 1.29. The third-order valence-electron chi connectivity index (χ3n) is 6.31. The van der Waals surface area contributed by atoms with Crippen LogP contribution in [0.4, 0.5) is 5.69 Å². The fourth-order valence-corrected chi connectivity index (χ4v) is 6.29. The van der Waals surface area contributed by atoms with Crippen LogP contribution in [0.15, 0.2) is 65.6 Å². The Morgan fingerprint density at radius 1 is 0.878 bits per heavy atom. The van der Waals surface area contributed by atoms with Gasteiger partial charge in [-0.1, -0.05) is 84.0 Å². The molecule has 0 aliphatic rings. The zero-order chi connectivity index (χ0) is 30.5. The number of nitrogens with zero attached hydrogens (tertiary/aromatic N) is 2. The van der Waals surface area contributed by atoms with Crippen LogP contribution in [-0.2, 0) is 26.2 Å². The predicted octanol–water partition coefficient (Wildman–Crippen LogP) is 6.99. The van der Waals surface area contributed by atoms with Gasteiger partial charge in [-0.15, -0.1) is 0 Å². The first-order chi connectivity index (χ1) is 19.2. The summed E-state index contributed by atoms with van der Waals surface area (Å²) >= 11 is 25.5. The number of hydrogen-bond acceptors (Lipinski definition) is 4. The lowest BCUT2D eigenvalue weighted by atomic mass is 10.1. The number of carbonyl (C=O) groups is 2. The van der Waals surface area contributed by atoms with Gasteiger partial charge >= 0.3 is 0 Å². The number of sulfonamides is 1. The van der Waals surface area contributed by atoms with E-state index in [9.17, 15) is 18.0 Å². The molecule has 3 aromatic rings. The number of hydrogen-bond donors (Lipinski definition) is 1.